The number of halogens is 4. The predicted molar refractivity (Wildman–Crippen MR) is 75.2 cm³/mol. The molecule has 2 aromatic rings. The van der Waals surface area contributed by atoms with Crippen molar-refractivity contribution in [3.05, 3.63) is 47.5 Å². The van der Waals surface area contributed by atoms with Crippen molar-refractivity contribution >= 4 is 40.6 Å². The summed E-state index contributed by atoms with van der Waals surface area (Å²) in [5.74, 6) is -1.95. The van der Waals surface area contributed by atoms with Crippen LogP contribution in [0.5, 0.6) is 0 Å². The number of hydrogen-bond donors (Lipinski definition) is 0. The van der Waals surface area contributed by atoms with E-state index in [1.807, 2.05) is 0 Å². The molecule has 1 aliphatic heterocycles. The Bertz CT molecular complexity index is 732. The summed E-state index contributed by atoms with van der Waals surface area (Å²) in [6, 6.07) is 11.2. The van der Waals surface area contributed by atoms with Crippen LogP contribution in [0.1, 0.15) is 0 Å². The van der Waals surface area contributed by atoms with Gasteiger partial charge in [-0.25, -0.2) is 0 Å². The number of amides is 1. The fraction of sp³-hybridized carbons (Fsp3) is 0.0714. The van der Waals surface area contributed by atoms with Gasteiger partial charge in [0.1, 0.15) is 0 Å². The zero-order valence-electron chi connectivity index (χ0n) is 10.3. The molecule has 0 fully saturated rings. The van der Waals surface area contributed by atoms with Gasteiger partial charge in [-0.3, -0.25) is 9.69 Å². The maximum Gasteiger partial charge on any atom is 0.472 e. The van der Waals surface area contributed by atoms with Gasteiger partial charge >= 0.3 is 12.1 Å². The highest BCUT2D eigenvalue weighted by Crippen LogP contribution is 2.51. The second-order valence-electron chi connectivity index (χ2n) is 4.29. The van der Waals surface area contributed by atoms with E-state index < -0.39 is 12.1 Å². The number of carbonyl (C=O) groups excluding carboxylic acids is 1. The zero-order chi connectivity index (χ0) is 15.2. The molecular weight excluding hydrogens is 323 g/mol. The number of nitrogens with zero attached hydrogens (tertiary/aromatic N) is 1. The molecule has 7 heteroatoms. The Morgan fingerprint density at radius 2 is 1.71 bits per heavy atom. The van der Waals surface area contributed by atoms with E-state index in [4.69, 9.17) is 11.6 Å². The molecule has 21 heavy (non-hydrogen) atoms. The van der Waals surface area contributed by atoms with Crippen LogP contribution in [-0.4, -0.2) is 12.1 Å². The molecule has 0 spiro atoms. The lowest BCUT2D eigenvalue weighted by Crippen LogP contribution is -2.39. The van der Waals surface area contributed by atoms with Crippen LogP contribution in [0.15, 0.2) is 52.3 Å². The SMILES string of the molecule is O=C(N1c2ccccc2Sc2cccc(Cl)c21)C(F)(F)F. The second-order valence-corrected chi connectivity index (χ2v) is 5.79. The summed E-state index contributed by atoms with van der Waals surface area (Å²) in [6.45, 7) is 0. The number of anilines is 2. The molecule has 0 saturated heterocycles. The Balaban J connectivity index is 2.25. The van der Waals surface area contributed by atoms with E-state index in [-0.39, 0.29) is 16.4 Å². The number of alkyl halides is 3. The third kappa shape index (κ3) is 2.38. The number of rotatable bonds is 0. The summed E-state index contributed by atoms with van der Waals surface area (Å²) in [5.41, 5.74) is 0.260. The fourth-order valence-corrected chi connectivity index (χ4v) is 3.51. The van der Waals surface area contributed by atoms with Gasteiger partial charge in [-0.05, 0) is 24.3 Å². The standard InChI is InChI=1S/C14H7ClF3NOS/c15-8-4-3-7-11-12(8)19(13(20)14(16,17)18)9-5-1-2-6-10(9)21-11/h1-7H. The van der Waals surface area contributed by atoms with Crippen LogP contribution >= 0.6 is 23.4 Å². The third-order valence-electron chi connectivity index (χ3n) is 2.95. The summed E-state index contributed by atoms with van der Waals surface area (Å²) in [4.78, 5) is 13.6. The monoisotopic (exact) mass is 329 g/mol. The molecule has 108 valence electrons. The van der Waals surface area contributed by atoms with Crippen molar-refractivity contribution in [2.45, 2.75) is 16.0 Å². The Kier molecular flexibility index (Phi) is 3.37. The fourth-order valence-electron chi connectivity index (χ4n) is 2.10. The van der Waals surface area contributed by atoms with E-state index in [9.17, 15) is 18.0 Å². The zero-order valence-corrected chi connectivity index (χ0v) is 11.9. The molecule has 0 N–H and O–H groups in total. The Morgan fingerprint density at radius 1 is 1.05 bits per heavy atom. The van der Waals surface area contributed by atoms with Crippen molar-refractivity contribution in [3.8, 4) is 0 Å². The third-order valence-corrected chi connectivity index (χ3v) is 4.36. The van der Waals surface area contributed by atoms with Gasteiger partial charge in [-0.1, -0.05) is 41.6 Å². The lowest BCUT2D eigenvalue weighted by atomic mass is 10.2. The molecule has 1 aliphatic rings. The van der Waals surface area contributed by atoms with E-state index in [2.05, 4.69) is 0 Å². The quantitative estimate of drug-likeness (QED) is 0.675. The van der Waals surface area contributed by atoms with E-state index in [1.165, 1.54) is 23.9 Å². The highest BCUT2D eigenvalue weighted by molar-refractivity contribution is 7.99. The first-order valence-electron chi connectivity index (χ1n) is 5.86. The molecule has 0 unspecified atom stereocenters. The van der Waals surface area contributed by atoms with Crippen LogP contribution in [0.25, 0.3) is 0 Å². The lowest BCUT2D eigenvalue weighted by Gasteiger charge is -2.32. The Labute approximate surface area is 127 Å². The van der Waals surface area contributed by atoms with Crippen molar-refractivity contribution in [2.24, 2.45) is 0 Å². The van der Waals surface area contributed by atoms with E-state index >= 15 is 0 Å². The van der Waals surface area contributed by atoms with E-state index in [1.54, 1.807) is 30.3 Å². The van der Waals surface area contributed by atoms with Gasteiger partial charge in [0.2, 0.25) is 0 Å². The van der Waals surface area contributed by atoms with Gasteiger partial charge in [0, 0.05) is 9.79 Å². The molecule has 1 amide bonds. The minimum Gasteiger partial charge on any atom is -0.269 e. The van der Waals surface area contributed by atoms with Gasteiger partial charge in [-0.2, -0.15) is 13.2 Å². The summed E-state index contributed by atoms with van der Waals surface area (Å²) in [7, 11) is 0. The number of carbonyl (C=O) groups is 1. The minimum absolute atomic E-state index is 0.0743. The van der Waals surface area contributed by atoms with Crippen molar-refractivity contribution in [1.29, 1.82) is 0 Å². The molecule has 2 aromatic carbocycles. The average molecular weight is 330 g/mol. The molecule has 0 aromatic heterocycles. The Morgan fingerprint density at radius 3 is 2.43 bits per heavy atom. The molecular formula is C14H7ClF3NOS. The van der Waals surface area contributed by atoms with Crippen molar-refractivity contribution in [2.75, 3.05) is 4.90 Å². The van der Waals surface area contributed by atoms with E-state index in [0.29, 0.717) is 14.7 Å². The van der Waals surface area contributed by atoms with E-state index in [0.717, 1.165) is 0 Å². The number of hydrogen-bond acceptors (Lipinski definition) is 2. The predicted octanol–water partition coefficient (Wildman–Crippen LogP) is 5.03. The van der Waals surface area contributed by atoms with Crippen LogP contribution in [0, 0.1) is 0 Å². The van der Waals surface area contributed by atoms with Gasteiger partial charge < -0.3 is 0 Å². The first-order valence-corrected chi connectivity index (χ1v) is 7.05. The second kappa shape index (κ2) is 4.96. The van der Waals surface area contributed by atoms with Crippen LogP contribution in [-0.2, 0) is 4.79 Å². The highest BCUT2D eigenvalue weighted by atomic mass is 35.5. The number of fused-ring (bicyclic) bond motifs is 2. The lowest BCUT2D eigenvalue weighted by molar-refractivity contribution is -0.169. The normalized spacial score (nSPS) is 13.6. The van der Waals surface area contributed by atoms with Crippen molar-refractivity contribution in [1.82, 2.24) is 0 Å². The maximum atomic E-state index is 12.9. The molecule has 0 saturated carbocycles. The maximum absolute atomic E-state index is 12.9. The van der Waals surface area contributed by atoms with Crippen LogP contribution in [0.3, 0.4) is 0 Å². The molecule has 0 bridgehead atoms. The van der Waals surface area contributed by atoms with Gasteiger partial charge in [0.15, 0.2) is 0 Å². The number of benzene rings is 2. The summed E-state index contributed by atoms with van der Waals surface area (Å²) in [6.07, 6.45) is -4.98. The van der Waals surface area contributed by atoms with Gasteiger partial charge in [0.05, 0.1) is 16.4 Å². The van der Waals surface area contributed by atoms with Crippen molar-refractivity contribution in [3.63, 3.8) is 0 Å². The van der Waals surface area contributed by atoms with Gasteiger partial charge in [-0.15, -0.1) is 0 Å². The molecule has 0 radical (unpaired) electrons. The molecule has 2 nitrogen and oxygen atoms in total. The summed E-state index contributed by atoms with van der Waals surface area (Å²) >= 11 is 7.31. The molecule has 3 rings (SSSR count). The molecule has 0 atom stereocenters. The first kappa shape index (κ1) is 14.3. The van der Waals surface area contributed by atoms with Crippen LogP contribution in [0.4, 0.5) is 24.5 Å². The average Bonchev–Trinajstić information content (AvgIpc) is 2.43. The largest absolute Gasteiger partial charge is 0.472 e. The molecule has 1 heterocycles. The topological polar surface area (TPSA) is 20.3 Å². The van der Waals surface area contributed by atoms with Crippen LogP contribution < -0.4 is 4.90 Å². The molecule has 0 aliphatic carbocycles. The number of para-hydroxylation sites is 2. The van der Waals surface area contributed by atoms with Crippen molar-refractivity contribution < 1.29 is 18.0 Å². The summed E-state index contributed by atoms with van der Waals surface area (Å²) < 4.78 is 38.7. The summed E-state index contributed by atoms with van der Waals surface area (Å²) in [5, 5.41) is 0.104. The smallest absolute Gasteiger partial charge is 0.269 e. The minimum atomic E-state index is -4.98. The highest BCUT2D eigenvalue weighted by Gasteiger charge is 2.46. The van der Waals surface area contributed by atoms with Gasteiger partial charge in [0.25, 0.3) is 0 Å². The van der Waals surface area contributed by atoms with Crippen LogP contribution in [0.2, 0.25) is 5.02 Å². The Hall–Kier alpha value is -1.66. The first-order chi connectivity index (χ1) is 9.89.